The first-order valence-corrected chi connectivity index (χ1v) is 9.07. The summed E-state index contributed by atoms with van der Waals surface area (Å²) in [5.41, 5.74) is 0. The lowest BCUT2D eigenvalue weighted by Gasteiger charge is -2.10. The number of hydrogen-bond donors (Lipinski definition) is 1. The van der Waals surface area contributed by atoms with E-state index in [0.717, 1.165) is 32.3 Å². The predicted molar refractivity (Wildman–Crippen MR) is 88.2 cm³/mol. The Labute approximate surface area is 127 Å². The summed E-state index contributed by atoms with van der Waals surface area (Å²) in [5, 5.41) is 9.75. The van der Waals surface area contributed by atoms with Crippen LogP contribution in [0.25, 0.3) is 0 Å². The van der Waals surface area contributed by atoms with E-state index in [1.165, 1.54) is 57.8 Å². The molecule has 0 aliphatic rings. The smallest absolute Gasteiger partial charge is 0.0773 e. The fourth-order valence-corrected chi connectivity index (χ4v) is 2.42. The highest BCUT2D eigenvalue weighted by atomic mass is 16.5. The quantitative estimate of drug-likeness (QED) is 0.381. The van der Waals surface area contributed by atoms with E-state index in [9.17, 15) is 5.11 Å². The number of rotatable bonds is 16. The van der Waals surface area contributed by atoms with Crippen LogP contribution in [0.15, 0.2) is 0 Å². The molecule has 0 saturated carbocycles. The van der Waals surface area contributed by atoms with Gasteiger partial charge < -0.3 is 9.84 Å². The van der Waals surface area contributed by atoms with Gasteiger partial charge in [0.05, 0.1) is 12.7 Å². The van der Waals surface area contributed by atoms with Crippen LogP contribution < -0.4 is 0 Å². The van der Waals surface area contributed by atoms with Crippen molar-refractivity contribution in [3.8, 4) is 0 Å². The third-order valence-corrected chi connectivity index (χ3v) is 3.84. The van der Waals surface area contributed by atoms with Crippen LogP contribution in [0.3, 0.4) is 0 Å². The molecule has 122 valence electrons. The second kappa shape index (κ2) is 17.0. The van der Waals surface area contributed by atoms with Crippen LogP contribution in [0.2, 0.25) is 0 Å². The Kier molecular flexibility index (Phi) is 16.9. The van der Waals surface area contributed by atoms with Gasteiger partial charge in [-0.2, -0.15) is 0 Å². The second-order valence-corrected chi connectivity index (χ2v) is 6.05. The van der Waals surface area contributed by atoms with E-state index in [0.29, 0.717) is 6.61 Å². The van der Waals surface area contributed by atoms with Crippen molar-refractivity contribution in [1.29, 1.82) is 0 Å². The van der Waals surface area contributed by atoms with Gasteiger partial charge in [0, 0.05) is 6.61 Å². The van der Waals surface area contributed by atoms with Crippen LogP contribution in [0.1, 0.15) is 97.3 Å². The fraction of sp³-hybridized carbons (Fsp3) is 1.00. The fourth-order valence-electron chi connectivity index (χ4n) is 2.42. The van der Waals surface area contributed by atoms with Gasteiger partial charge in [0.25, 0.3) is 0 Å². The third-order valence-electron chi connectivity index (χ3n) is 3.84. The zero-order valence-electron chi connectivity index (χ0n) is 14.0. The molecule has 0 aliphatic heterocycles. The Balaban J connectivity index is 3.07. The lowest BCUT2D eigenvalue weighted by atomic mass is 10.0. The van der Waals surface area contributed by atoms with E-state index in [-0.39, 0.29) is 6.10 Å². The van der Waals surface area contributed by atoms with Crippen molar-refractivity contribution in [2.45, 2.75) is 103 Å². The van der Waals surface area contributed by atoms with E-state index < -0.39 is 0 Å². The molecule has 20 heavy (non-hydrogen) atoms. The summed E-state index contributed by atoms with van der Waals surface area (Å²) in [5.74, 6) is 0. The number of aliphatic hydroxyl groups excluding tert-OH is 1. The minimum atomic E-state index is -0.249. The molecule has 0 aromatic carbocycles. The molecule has 0 saturated heterocycles. The molecule has 1 N–H and O–H groups in total. The molecule has 0 heterocycles. The van der Waals surface area contributed by atoms with Crippen molar-refractivity contribution in [1.82, 2.24) is 0 Å². The Morgan fingerprint density at radius 2 is 1.20 bits per heavy atom. The molecule has 1 unspecified atom stereocenters. The van der Waals surface area contributed by atoms with E-state index in [4.69, 9.17) is 4.74 Å². The minimum Gasteiger partial charge on any atom is -0.391 e. The van der Waals surface area contributed by atoms with E-state index >= 15 is 0 Å². The topological polar surface area (TPSA) is 29.5 Å². The summed E-state index contributed by atoms with van der Waals surface area (Å²) in [6, 6.07) is 0. The first-order chi connectivity index (χ1) is 9.81. The maximum atomic E-state index is 9.75. The van der Waals surface area contributed by atoms with Gasteiger partial charge in [0.15, 0.2) is 0 Å². The highest BCUT2D eigenvalue weighted by Crippen LogP contribution is 2.12. The van der Waals surface area contributed by atoms with Gasteiger partial charge in [-0.25, -0.2) is 0 Å². The van der Waals surface area contributed by atoms with Crippen LogP contribution in [0.5, 0.6) is 0 Å². The van der Waals surface area contributed by atoms with Gasteiger partial charge >= 0.3 is 0 Å². The van der Waals surface area contributed by atoms with Gasteiger partial charge in [-0.1, -0.05) is 84.5 Å². The van der Waals surface area contributed by atoms with Crippen molar-refractivity contribution in [2.24, 2.45) is 0 Å². The summed E-state index contributed by atoms with van der Waals surface area (Å²) < 4.78 is 5.43. The zero-order valence-corrected chi connectivity index (χ0v) is 14.0. The summed E-state index contributed by atoms with van der Waals surface area (Å²) >= 11 is 0. The molecule has 2 nitrogen and oxygen atoms in total. The summed E-state index contributed by atoms with van der Waals surface area (Å²) in [6.07, 6.45) is 16.4. The third kappa shape index (κ3) is 16.0. The monoisotopic (exact) mass is 286 g/mol. The molecule has 0 aromatic rings. The van der Waals surface area contributed by atoms with Crippen LogP contribution in [0.4, 0.5) is 0 Å². The standard InChI is InChI=1S/C18H38O2/c1-3-5-7-8-9-10-11-12-13-14-15-18(19)17-20-16-6-4-2/h18-19H,3-17H2,1-2H3. The maximum absolute atomic E-state index is 9.75. The van der Waals surface area contributed by atoms with Crippen LogP contribution >= 0.6 is 0 Å². The Hall–Kier alpha value is -0.0800. The van der Waals surface area contributed by atoms with E-state index in [2.05, 4.69) is 13.8 Å². The molecule has 0 bridgehead atoms. The SMILES string of the molecule is CCCCCCCCCCCCC(O)COCCCC. The summed E-state index contributed by atoms with van der Waals surface area (Å²) in [4.78, 5) is 0. The predicted octanol–water partition coefficient (Wildman–Crippen LogP) is 5.48. The van der Waals surface area contributed by atoms with Crippen molar-refractivity contribution >= 4 is 0 Å². The second-order valence-electron chi connectivity index (χ2n) is 6.05. The number of unbranched alkanes of at least 4 members (excludes halogenated alkanes) is 10. The highest BCUT2D eigenvalue weighted by Gasteiger charge is 2.03. The van der Waals surface area contributed by atoms with E-state index in [1.807, 2.05) is 0 Å². The van der Waals surface area contributed by atoms with Crippen molar-refractivity contribution in [2.75, 3.05) is 13.2 Å². The maximum Gasteiger partial charge on any atom is 0.0773 e. The van der Waals surface area contributed by atoms with Crippen LogP contribution in [-0.4, -0.2) is 24.4 Å². The molecule has 0 aliphatic carbocycles. The van der Waals surface area contributed by atoms with Gasteiger partial charge in [0.1, 0.15) is 0 Å². The minimum absolute atomic E-state index is 0.249. The van der Waals surface area contributed by atoms with Gasteiger partial charge in [0.2, 0.25) is 0 Å². The molecule has 2 heteroatoms. The average Bonchev–Trinajstić information content (AvgIpc) is 2.45. The van der Waals surface area contributed by atoms with Crippen LogP contribution in [0, 0.1) is 0 Å². The van der Waals surface area contributed by atoms with E-state index in [1.54, 1.807) is 0 Å². The van der Waals surface area contributed by atoms with Crippen molar-refractivity contribution in [3.63, 3.8) is 0 Å². The number of hydrogen-bond acceptors (Lipinski definition) is 2. The first-order valence-electron chi connectivity index (χ1n) is 9.07. The van der Waals surface area contributed by atoms with Gasteiger partial charge in [-0.3, -0.25) is 0 Å². The highest BCUT2D eigenvalue weighted by molar-refractivity contribution is 4.55. The number of ether oxygens (including phenoxy) is 1. The Bertz CT molecular complexity index is 171. The largest absolute Gasteiger partial charge is 0.391 e. The van der Waals surface area contributed by atoms with Gasteiger partial charge in [-0.05, 0) is 12.8 Å². The molecule has 0 aromatic heterocycles. The first kappa shape index (κ1) is 19.9. The van der Waals surface area contributed by atoms with Crippen molar-refractivity contribution in [3.05, 3.63) is 0 Å². The van der Waals surface area contributed by atoms with Crippen molar-refractivity contribution < 1.29 is 9.84 Å². The molecule has 0 amide bonds. The van der Waals surface area contributed by atoms with Gasteiger partial charge in [-0.15, -0.1) is 0 Å². The lowest BCUT2D eigenvalue weighted by molar-refractivity contribution is 0.0302. The zero-order chi connectivity index (χ0) is 14.9. The lowest BCUT2D eigenvalue weighted by Crippen LogP contribution is -2.15. The summed E-state index contributed by atoms with van der Waals surface area (Å²) in [7, 11) is 0. The molecule has 0 radical (unpaired) electrons. The molecule has 0 fully saturated rings. The summed E-state index contributed by atoms with van der Waals surface area (Å²) in [6.45, 7) is 5.75. The molecular weight excluding hydrogens is 248 g/mol. The average molecular weight is 286 g/mol. The Morgan fingerprint density at radius 3 is 1.75 bits per heavy atom. The molecular formula is C18H38O2. The molecule has 0 rings (SSSR count). The Morgan fingerprint density at radius 1 is 0.700 bits per heavy atom. The number of aliphatic hydroxyl groups is 1. The van der Waals surface area contributed by atoms with Crippen LogP contribution in [-0.2, 0) is 4.74 Å². The normalized spacial score (nSPS) is 12.8. The molecule has 0 spiro atoms. The molecule has 1 atom stereocenters.